The van der Waals surface area contributed by atoms with Crippen LogP contribution in [0.2, 0.25) is 0 Å². The van der Waals surface area contributed by atoms with Crippen molar-refractivity contribution in [3.8, 4) is 5.75 Å². The Morgan fingerprint density at radius 3 is 2.02 bits per heavy atom. The lowest BCUT2D eigenvalue weighted by Gasteiger charge is -2.23. The average molecular weight is 544 g/mol. The van der Waals surface area contributed by atoms with Crippen molar-refractivity contribution < 1.29 is 4.74 Å². The van der Waals surface area contributed by atoms with Gasteiger partial charge < -0.3 is 10.1 Å². The minimum Gasteiger partial charge on any atom is -0.491 e. The molecular weight excluding hydrogens is 506 g/mol. The Bertz CT molecular complexity index is 1560. The number of benzene rings is 5. The second-order valence-electron chi connectivity index (χ2n) is 10.1. The van der Waals surface area contributed by atoms with Crippen molar-refractivity contribution in [3.63, 3.8) is 0 Å². The Morgan fingerprint density at radius 1 is 0.750 bits per heavy atom. The molecule has 0 amide bonds. The maximum Gasteiger partial charge on any atom is 0.123 e. The van der Waals surface area contributed by atoms with Gasteiger partial charge in [0.1, 0.15) is 5.75 Å². The van der Waals surface area contributed by atoms with Crippen LogP contribution in [0.5, 0.6) is 5.75 Å². The summed E-state index contributed by atoms with van der Waals surface area (Å²) in [7, 11) is 0. The van der Waals surface area contributed by atoms with Crippen molar-refractivity contribution in [3.05, 3.63) is 150 Å². The Balaban J connectivity index is 0.000000461. The van der Waals surface area contributed by atoms with Gasteiger partial charge in [0.15, 0.2) is 0 Å². The Labute approximate surface area is 244 Å². The van der Waals surface area contributed by atoms with Crippen LogP contribution in [0.3, 0.4) is 0 Å². The van der Waals surface area contributed by atoms with E-state index in [9.17, 15) is 0 Å². The van der Waals surface area contributed by atoms with Gasteiger partial charge in [-0.25, -0.2) is 0 Å². The van der Waals surface area contributed by atoms with Gasteiger partial charge in [-0.2, -0.15) is 0 Å². The molecule has 0 radical (unpaired) electrons. The second-order valence-corrected chi connectivity index (χ2v) is 10.6. The maximum absolute atomic E-state index is 7.85. The SMILES string of the molecule is CC(=N)/C=C\c1cccc(OC(C)C)c1CC(c1ccccc1)c1ccc2ccccc2c1.Sc1ccccc1. The molecule has 0 saturated carbocycles. The first-order valence-corrected chi connectivity index (χ1v) is 14.1. The summed E-state index contributed by atoms with van der Waals surface area (Å²) in [5.74, 6) is 1.09. The minimum atomic E-state index is 0.0864. The molecule has 1 N–H and O–H groups in total. The fourth-order valence-corrected chi connectivity index (χ4v) is 4.88. The van der Waals surface area contributed by atoms with Gasteiger partial charge >= 0.3 is 0 Å². The van der Waals surface area contributed by atoms with Crippen LogP contribution >= 0.6 is 12.6 Å². The van der Waals surface area contributed by atoms with Gasteiger partial charge in [0.05, 0.1) is 6.10 Å². The van der Waals surface area contributed by atoms with Gasteiger partial charge in [0.2, 0.25) is 0 Å². The molecule has 5 aromatic rings. The molecule has 0 aromatic heterocycles. The van der Waals surface area contributed by atoms with Crippen molar-refractivity contribution in [1.82, 2.24) is 0 Å². The fraction of sp³-hybridized carbons (Fsp3) is 0.162. The number of fused-ring (bicyclic) bond motifs is 1. The lowest BCUT2D eigenvalue weighted by Crippen LogP contribution is -2.11. The summed E-state index contributed by atoms with van der Waals surface area (Å²) in [5, 5.41) is 10.4. The Morgan fingerprint density at radius 2 is 1.40 bits per heavy atom. The third kappa shape index (κ3) is 8.21. The van der Waals surface area contributed by atoms with Crippen LogP contribution in [0.25, 0.3) is 16.8 Å². The highest BCUT2D eigenvalue weighted by Gasteiger charge is 2.20. The van der Waals surface area contributed by atoms with Crippen molar-refractivity contribution in [2.24, 2.45) is 0 Å². The second kappa shape index (κ2) is 14.3. The number of rotatable bonds is 8. The molecular formula is C37H37NOS. The number of hydrogen-bond donors (Lipinski definition) is 2. The zero-order valence-electron chi connectivity index (χ0n) is 23.4. The summed E-state index contributed by atoms with van der Waals surface area (Å²) < 4.78 is 6.25. The van der Waals surface area contributed by atoms with E-state index in [-0.39, 0.29) is 12.0 Å². The van der Waals surface area contributed by atoms with Crippen LogP contribution in [-0.4, -0.2) is 11.8 Å². The van der Waals surface area contributed by atoms with E-state index in [0.29, 0.717) is 5.71 Å². The molecule has 0 spiro atoms. The van der Waals surface area contributed by atoms with E-state index in [2.05, 4.69) is 111 Å². The van der Waals surface area contributed by atoms with E-state index >= 15 is 0 Å². The molecule has 1 unspecified atom stereocenters. The first kappa shape index (κ1) is 28.9. The molecule has 0 fully saturated rings. The van der Waals surface area contributed by atoms with E-state index in [1.807, 2.05) is 48.6 Å². The van der Waals surface area contributed by atoms with Gasteiger partial charge in [-0.1, -0.05) is 109 Å². The number of allylic oxidation sites excluding steroid dienone is 1. The highest BCUT2D eigenvalue weighted by Crippen LogP contribution is 2.35. The normalized spacial score (nSPS) is 11.7. The highest BCUT2D eigenvalue weighted by molar-refractivity contribution is 7.80. The Hall–Kier alpha value is -4.08. The molecule has 0 aliphatic rings. The molecule has 0 bridgehead atoms. The predicted octanol–water partition coefficient (Wildman–Crippen LogP) is 10.0. The molecule has 0 saturated heterocycles. The number of ether oxygens (including phenoxy) is 1. The molecule has 0 heterocycles. The van der Waals surface area contributed by atoms with Gasteiger partial charge in [-0.05, 0) is 78.9 Å². The quantitative estimate of drug-likeness (QED) is 0.148. The fourth-order valence-electron chi connectivity index (χ4n) is 4.71. The van der Waals surface area contributed by atoms with Gasteiger partial charge in [-0.3, -0.25) is 0 Å². The van der Waals surface area contributed by atoms with E-state index in [1.54, 1.807) is 6.92 Å². The zero-order chi connectivity index (χ0) is 28.3. The van der Waals surface area contributed by atoms with Crippen LogP contribution in [0, 0.1) is 5.41 Å². The number of nitrogens with one attached hydrogen (secondary N) is 1. The molecule has 0 aliphatic carbocycles. The lowest BCUT2D eigenvalue weighted by atomic mass is 9.83. The smallest absolute Gasteiger partial charge is 0.123 e. The largest absolute Gasteiger partial charge is 0.491 e. The van der Waals surface area contributed by atoms with Crippen LogP contribution in [0.4, 0.5) is 0 Å². The van der Waals surface area contributed by atoms with E-state index in [1.165, 1.54) is 27.5 Å². The van der Waals surface area contributed by atoms with Crippen LogP contribution in [-0.2, 0) is 6.42 Å². The molecule has 3 heteroatoms. The molecule has 0 aliphatic heterocycles. The summed E-state index contributed by atoms with van der Waals surface area (Å²) in [6, 6.07) is 42.0. The standard InChI is InChI=1S/C31H31NO.C6H6S/c1-22(2)33-31-15-9-14-26(17-16-23(3)32)30(31)21-29(25-11-5-4-6-12-25)28-19-18-24-10-7-8-13-27(24)20-28;7-6-4-2-1-3-5-6/h4-20,22,29,32H,21H2,1-3H3;1-5,7H/b17-16-,32-23?;. The summed E-state index contributed by atoms with van der Waals surface area (Å²) in [6.45, 7) is 5.92. The van der Waals surface area contributed by atoms with E-state index in [4.69, 9.17) is 10.1 Å². The third-order valence-corrected chi connectivity index (χ3v) is 6.89. The average Bonchev–Trinajstić information content (AvgIpc) is 2.96. The number of hydrogen-bond acceptors (Lipinski definition) is 3. The molecule has 1 atom stereocenters. The van der Waals surface area contributed by atoms with E-state index in [0.717, 1.165) is 22.6 Å². The minimum absolute atomic E-state index is 0.0864. The van der Waals surface area contributed by atoms with Gasteiger partial charge in [0.25, 0.3) is 0 Å². The van der Waals surface area contributed by atoms with E-state index < -0.39 is 0 Å². The van der Waals surface area contributed by atoms with Crippen molar-refractivity contribution in [2.75, 3.05) is 0 Å². The first-order valence-electron chi connectivity index (χ1n) is 13.7. The first-order chi connectivity index (χ1) is 19.4. The van der Waals surface area contributed by atoms with Crippen molar-refractivity contribution in [2.45, 2.75) is 44.1 Å². The van der Waals surface area contributed by atoms with Gasteiger partial charge in [-0.15, -0.1) is 12.6 Å². The van der Waals surface area contributed by atoms with Gasteiger partial charge in [0, 0.05) is 22.1 Å². The molecule has 5 rings (SSSR count). The monoisotopic (exact) mass is 543 g/mol. The zero-order valence-corrected chi connectivity index (χ0v) is 24.3. The molecule has 2 nitrogen and oxygen atoms in total. The maximum atomic E-state index is 7.85. The summed E-state index contributed by atoms with van der Waals surface area (Å²) >= 11 is 4.08. The highest BCUT2D eigenvalue weighted by atomic mass is 32.1. The molecule has 40 heavy (non-hydrogen) atoms. The molecule has 5 aromatic carbocycles. The molecule has 202 valence electrons. The van der Waals surface area contributed by atoms with Crippen LogP contribution < -0.4 is 4.74 Å². The van der Waals surface area contributed by atoms with Crippen LogP contribution in [0.15, 0.2) is 132 Å². The van der Waals surface area contributed by atoms with Crippen molar-refractivity contribution in [1.29, 1.82) is 5.41 Å². The summed E-state index contributed by atoms with van der Waals surface area (Å²) in [6.07, 6.45) is 4.78. The third-order valence-electron chi connectivity index (χ3n) is 6.59. The number of thiol groups is 1. The van der Waals surface area contributed by atoms with Crippen LogP contribution in [0.1, 0.15) is 48.9 Å². The predicted molar refractivity (Wildman–Crippen MR) is 174 cm³/mol. The Kier molecular flexibility index (Phi) is 10.4. The topological polar surface area (TPSA) is 33.1 Å². The summed E-state index contributed by atoms with van der Waals surface area (Å²) in [5.41, 5.74) is 5.38. The van der Waals surface area contributed by atoms with Crippen molar-refractivity contribution >= 4 is 35.2 Å². The lowest BCUT2D eigenvalue weighted by molar-refractivity contribution is 0.239. The summed E-state index contributed by atoms with van der Waals surface area (Å²) in [4.78, 5) is 1.02.